The lowest BCUT2D eigenvalue weighted by atomic mass is 10.1. The van der Waals surface area contributed by atoms with Gasteiger partial charge in [0, 0.05) is 12.1 Å². The lowest BCUT2D eigenvalue weighted by molar-refractivity contribution is -0.117. The average Bonchev–Trinajstić information content (AvgIpc) is 3.10. The molecule has 0 unspecified atom stereocenters. The number of carbonyl (C=O) groups excluding carboxylic acids is 1. The van der Waals surface area contributed by atoms with Crippen LogP contribution in [0.4, 0.5) is 0 Å². The highest BCUT2D eigenvalue weighted by atomic mass is 16.7. The third-order valence-electron chi connectivity index (χ3n) is 4.19. The molecule has 0 aliphatic carbocycles. The molecule has 4 heteroatoms. The lowest BCUT2D eigenvalue weighted by Gasteiger charge is -2.07. The van der Waals surface area contributed by atoms with E-state index in [1.54, 1.807) is 12.2 Å². The van der Waals surface area contributed by atoms with Crippen LogP contribution in [0.25, 0.3) is 6.08 Å². The van der Waals surface area contributed by atoms with Crippen LogP contribution in [-0.2, 0) is 4.79 Å². The molecule has 1 atom stereocenters. The van der Waals surface area contributed by atoms with Crippen molar-refractivity contribution in [2.45, 2.75) is 52.0 Å². The predicted molar refractivity (Wildman–Crippen MR) is 106 cm³/mol. The Morgan fingerprint density at radius 2 is 1.92 bits per heavy atom. The van der Waals surface area contributed by atoms with Crippen LogP contribution in [0.1, 0.15) is 51.5 Å². The SMILES string of the molecule is CC[C@H](C)NC(=O)/C=C/C=C/CCCC/C=C/c1ccc2c(c1)OCO2. The molecule has 0 spiro atoms. The van der Waals surface area contributed by atoms with E-state index < -0.39 is 0 Å². The number of fused-ring (bicyclic) bond motifs is 1. The largest absolute Gasteiger partial charge is 0.454 e. The molecule has 2 rings (SSSR count). The van der Waals surface area contributed by atoms with Crippen molar-refractivity contribution in [2.24, 2.45) is 0 Å². The fraction of sp³-hybridized carbons (Fsp3) is 0.409. The van der Waals surface area contributed by atoms with Gasteiger partial charge in [-0.2, -0.15) is 0 Å². The molecule has 140 valence electrons. The summed E-state index contributed by atoms with van der Waals surface area (Å²) in [6.45, 7) is 4.37. The van der Waals surface area contributed by atoms with Gasteiger partial charge in [-0.1, -0.05) is 43.4 Å². The van der Waals surface area contributed by atoms with Crippen molar-refractivity contribution < 1.29 is 14.3 Å². The monoisotopic (exact) mass is 355 g/mol. The third kappa shape index (κ3) is 7.18. The zero-order chi connectivity index (χ0) is 18.6. The first-order chi connectivity index (χ1) is 12.7. The molecule has 0 saturated heterocycles. The van der Waals surface area contributed by atoms with Crippen molar-refractivity contribution in [2.75, 3.05) is 6.79 Å². The molecule has 1 N–H and O–H groups in total. The number of nitrogens with one attached hydrogen (secondary N) is 1. The highest BCUT2D eigenvalue weighted by Crippen LogP contribution is 2.32. The maximum absolute atomic E-state index is 11.5. The van der Waals surface area contributed by atoms with Gasteiger partial charge in [-0.05, 0) is 56.7 Å². The van der Waals surface area contributed by atoms with Crippen LogP contribution >= 0.6 is 0 Å². The number of ether oxygens (including phenoxy) is 2. The Morgan fingerprint density at radius 1 is 1.15 bits per heavy atom. The first-order valence-electron chi connectivity index (χ1n) is 9.39. The summed E-state index contributed by atoms with van der Waals surface area (Å²) < 4.78 is 10.7. The number of unbranched alkanes of at least 4 members (excludes halogenated alkanes) is 3. The Kier molecular flexibility index (Phi) is 8.53. The fourth-order valence-electron chi connectivity index (χ4n) is 2.47. The molecule has 0 bridgehead atoms. The molecular weight excluding hydrogens is 326 g/mol. The highest BCUT2D eigenvalue weighted by Gasteiger charge is 2.11. The van der Waals surface area contributed by atoms with E-state index in [0.29, 0.717) is 6.79 Å². The summed E-state index contributed by atoms with van der Waals surface area (Å²) in [4.78, 5) is 11.5. The van der Waals surface area contributed by atoms with E-state index in [0.717, 1.165) is 49.2 Å². The molecule has 1 aromatic rings. The van der Waals surface area contributed by atoms with E-state index in [1.165, 1.54) is 0 Å². The summed E-state index contributed by atoms with van der Waals surface area (Å²) in [5.74, 6) is 1.61. The van der Waals surface area contributed by atoms with Gasteiger partial charge in [-0.25, -0.2) is 0 Å². The molecule has 26 heavy (non-hydrogen) atoms. The molecule has 1 aliphatic heterocycles. The first kappa shape index (κ1) is 19.8. The van der Waals surface area contributed by atoms with Gasteiger partial charge < -0.3 is 14.8 Å². The summed E-state index contributed by atoms with van der Waals surface area (Å²) in [6, 6.07) is 6.22. The van der Waals surface area contributed by atoms with Gasteiger partial charge in [0.15, 0.2) is 11.5 Å². The Bertz CT molecular complexity index is 661. The average molecular weight is 355 g/mol. The summed E-state index contributed by atoms with van der Waals surface area (Å²) in [7, 11) is 0. The number of amides is 1. The third-order valence-corrected chi connectivity index (χ3v) is 4.19. The number of benzene rings is 1. The Labute approximate surface area is 156 Å². The van der Waals surface area contributed by atoms with E-state index in [4.69, 9.17) is 9.47 Å². The Morgan fingerprint density at radius 3 is 2.73 bits per heavy atom. The van der Waals surface area contributed by atoms with Crippen molar-refractivity contribution in [3.05, 3.63) is 54.1 Å². The zero-order valence-corrected chi connectivity index (χ0v) is 15.7. The van der Waals surface area contributed by atoms with E-state index in [9.17, 15) is 4.79 Å². The molecular formula is C22H29NO3. The lowest BCUT2D eigenvalue weighted by Crippen LogP contribution is -2.30. The van der Waals surface area contributed by atoms with Crippen molar-refractivity contribution in [1.82, 2.24) is 5.32 Å². The molecule has 1 heterocycles. The van der Waals surface area contributed by atoms with E-state index >= 15 is 0 Å². The minimum Gasteiger partial charge on any atom is -0.454 e. The Balaban J connectivity index is 1.55. The van der Waals surface area contributed by atoms with Crippen LogP contribution < -0.4 is 14.8 Å². The van der Waals surface area contributed by atoms with Crippen LogP contribution in [-0.4, -0.2) is 18.7 Å². The first-order valence-corrected chi connectivity index (χ1v) is 9.39. The van der Waals surface area contributed by atoms with E-state index in [2.05, 4.69) is 30.5 Å². The van der Waals surface area contributed by atoms with Crippen molar-refractivity contribution in [3.8, 4) is 11.5 Å². The van der Waals surface area contributed by atoms with Gasteiger partial charge in [-0.3, -0.25) is 4.79 Å². The molecule has 4 nitrogen and oxygen atoms in total. The van der Waals surface area contributed by atoms with Crippen LogP contribution in [0.15, 0.2) is 48.6 Å². The second kappa shape index (κ2) is 11.2. The molecule has 0 aromatic heterocycles. The standard InChI is InChI=1S/C22H29NO3/c1-3-18(2)23-22(24)13-11-9-7-5-4-6-8-10-12-19-14-15-20-21(16-19)26-17-25-20/h7,9-16,18H,3-6,8,17H2,1-2H3,(H,23,24)/b9-7+,12-10+,13-11+/t18-/m0/s1. The second-order valence-electron chi connectivity index (χ2n) is 6.40. The van der Waals surface area contributed by atoms with E-state index in [1.807, 2.05) is 31.2 Å². The second-order valence-corrected chi connectivity index (χ2v) is 6.40. The number of rotatable bonds is 10. The van der Waals surface area contributed by atoms with Gasteiger partial charge in [0.2, 0.25) is 12.7 Å². The number of carbonyl (C=O) groups is 1. The van der Waals surface area contributed by atoms with Crippen molar-refractivity contribution in [1.29, 1.82) is 0 Å². The van der Waals surface area contributed by atoms with Crippen molar-refractivity contribution >= 4 is 12.0 Å². The quantitative estimate of drug-likeness (QED) is 0.364. The number of allylic oxidation sites excluding steroid dienone is 4. The van der Waals surface area contributed by atoms with Crippen LogP contribution in [0.5, 0.6) is 11.5 Å². The Hall–Kier alpha value is -2.49. The molecule has 0 fully saturated rings. The van der Waals surface area contributed by atoms with Gasteiger partial charge in [0.1, 0.15) is 0 Å². The van der Waals surface area contributed by atoms with Crippen molar-refractivity contribution in [3.63, 3.8) is 0 Å². The van der Waals surface area contributed by atoms with Gasteiger partial charge in [0.05, 0.1) is 0 Å². The summed E-state index contributed by atoms with van der Waals surface area (Å²) in [6.07, 6.45) is 17.0. The summed E-state index contributed by atoms with van der Waals surface area (Å²) in [5.41, 5.74) is 1.13. The summed E-state index contributed by atoms with van der Waals surface area (Å²) in [5, 5.41) is 2.90. The minimum absolute atomic E-state index is 0.0299. The highest BCUT2D eigenvalue weighted by molar-refractivity contribution is 5.87. The zero-order valence-electron chi connectivity index (χ0n) is 15.7. The smallest absolute Gasteiger partial charge is 0.244 e. The molecule has 1 amide bonds. The topological polar surface area (TPSA) is 47.6 Å². The normalized spacial score (nSPS) is 14.5. The number of hydrogen-bond acceptors (Lipinski definition) is 3. The summed E-state index contributed by atoms with van der Waals surface area (Å²) >= 11 is 0. The van der Waals surface area contributed by atoms with Gasteiger partial charge in [0.25, 0.3) is 0 Å². The molecule has 1 aromatic carbocycles. The van der Waals surface area contributed by atoms with Gasteiger partial charge in [-0.15, -0.1) is 0 Å². The predicted octanol–water partition coefficient (Wildman–Crippen LogP) is 5.02. The van der Waals surface area contributed by atoms with Crippen LogP contribution in [0.2, 0.25) is 0 Å². The van der Waals surface area contributed by atoms with Crippen LogP contribution in [0, 0.1) is 0 Å². The van der Waals surface area contributed by atoms with E-state index in [-0.39, 0.29) is 11.9 Å². The van der Waals surface area contributed by atoms with Gasteiger partial charge >= 0.3 is 0 Å². The molecule has 1 aliphatic rings. The minimum atomic E-state index is -0.0299. The maximum atomic E-state index is 11.5. The molecule has 0 saturated carbocycles. The molecule has 0 radical (unpaired) electrons. The maximum Gasteiger partial charge on any atom is 0.244 e. The number of hydrogen-bond donors (Lipinski definition) is 1. The fourth-order valence-corrected chi connectivity index (χ4v) is 2.47. The van der Waals surface area contributed by atoms with Crippen LogP contribution in [0.3, 0.4) is 0 Å².